The lowest BCUT2D eigenvalue weighted by Gasteiger charge is -2.39. The Bertz CT molecular complexity index is 1010. The fourth-order valence-electron chi connectivity index (χ4n) is 3.56. The third-order valence-corrected chi connectivity index (χ3v) is 6.62. The maximum absolute atomic E-state index is 10.2. The summed E-state index contributed by atoms with van der Waals surface area (Å²) in [4.78, 5) is 21.0. The van der Waals surface area contributed by atoms with Gasteiger partial charge in [-0.15, -0.1) is 11.3 Å². The summed E-state index contributed by atoms with van der Waals surface area (Å²) in [5.74, 6) is 2.50. The summed E-state index contributed by atoms with van der Waals surface area (Å²) in [6, 6.07) is 8.75. The van der Waals surface area contributed by atoms with E-state index in [0.29, 0.717) is 12.0 Å². The van der Waals surface area contributed by atoms with Crippen molar-refractivity contribution in [3.63, 3.8) is 0 Å². The molecule has 164 valence electrons. The normalized spacial score (nSPS) is 16.3. The number of aromatic nitrogens is 2. The van der Waals surface area contributed by atoms with Crippen molar-refractivity contribution < 1.29 is 9.53 Å². The standard InChI is InChI=1S/C14H17NOS.C10H13N3O/c1-9(2)10-6-12(16-11-4-3-5-11)14-13(7-10)17-8-15-14;1-8-2-3-10(11-4-8)13-5-9(6-13)12-7-14/h6-9,11H,3-5H2,1-2H3;2-4,7,9H,5-6H2,1H3,(H,12,14). The summed E-state index contributed by atoms with van der Waals surface area (Å²) >= 11 is 1.69. The van der Waals surface area contributed by atoms with Crippen LogP contribution in [0, 0.1) is 6.92 Å². The highest BCUT2D eigenvalue weighted by Gasteiger charge is 2.26. The molecule has 1 saturated carbocycles. The maximum atomic E-state index is 10.2. The minimum absolute atomic E-state index is 0.288. The summed E-state index contributed by atoms with van der Waals surface area (Å²) in [5, 5.41) is 2.74. The largest absolute Gasteiger partial charge is 0.488 e. The quantitative estimate of drug-likeness (QED) is 0.566. The highest BCUT2D eigenvalue weighted by Crippen LogP contribution is 2.35. The molecule has 1 aliphatic heterocycles. The van der Waals surface area contributed by atoms with Gasteiger partial charge < -0.3 is 15.0 Å². The number of pyridine rings is 1. The van der Waals surface area contributed by atoms with Crippen molar-refractivity contribution in [2.45, 2.75) is 58.1 Å². The topological polar surface area (TPSA) is 67.3 Å². The molecule has 3 aromatic rings. The molecule has 1 saturated heterocycles. The monoisotopic (exact) mass is 438 g/mol. The molecule has 5 rings (SSSR count). The van der Waals surface area contributed by atoms with E-state index in [4.69, 9.17) is 4.74 Å². The van der Waals surface area contributed by atoms with Crippen molar-refractivity contribution in [1.29, 1.82) is 0 Å². The Hall–Kier alpha value is -2.67. The zero-order chi connectivity index (χ0) is 21.8. The molecule has 1 amide bonds. The zero-order valence-electron chi connectivity index (χ0n) is 18.4. The van der Waals surface area contributed by atoms with E-state index in [2.05, 4.69) is 46.2 Å². The van der Waals surface area contributed by atoms with E-state index < -0.39 is 0 Å². The molecule has 7 heteroatoms. The number of hydrogen-bond donors (Lipinski definition) is 1. The molecule has 6 nitrogen and oxygen atoms in total. The van der Waals surface area contributed by atoms with Crippen molar-refractivity contribution in [1.82, 2.24) is 15.3 Å². The minimum Gasteiger partial charge on any atom is -0.488 e. The van der Waals surface area contributed by atoms with Gasteiger partial charge in [0.25, 0.3) is 0 Å². The lowest BCUT2D eigenvalue weighted by Crippen LogP contribution is -2.58. The molecule has 2 aliphatic rings. The lowest BCUT2D eigenvalue weighted by atomic mass is 9.96. The summed E-state index contributed by atoms with van der Waals surface area (Å²) < 4.78 is 7.30. The lowest BCUT2D eigenvalue weighted by molar-refractivity contribution is -0.110. The summed E-state index contributed by atoms with van der Waals surface area (Å²) in [6.07, 6.45) is 6.71. The molecular weight excluding hydrogens is 408 g/mol. The Kier molecular flexibility index (Phi) is 6.70. The van der Waals surface area contributed by atoms with Gasteiger partial charge in [0, 0.05) is 19.3 Å². The number of anilines is 1. The minimum atomic E-state index is 0.288. The fraction of sp³-hybridized carbons (Fsp3) is 0.458. The predicted octanol–water partition coefficient (Wildman–Crippen LogP) is 4.68. The number of hydrogen-bond acceptors (Lipinski definition) is 6. The first-order valence-corrected chi connectivity index (χ1v) is 11.8. The average molecular weight is 439 g/mol. The van der Waals surface area contributed by atoms with Crippen molar-refractivity contribution in [2.24, 2.45) is 0 Å². The van der Waals surface area contributed by atoms with Crippen LogP contribution in [0.15, 0.2) is 36.0 Å². The smallest absolute Gasteiger partial charge is 0.207 e. The first-order valence-electron chi connectivity index (χ1n) is 10.9. The Morgan fingerprint density at radius 3 is 2.65 bits per heavy atom. The Morgan fingerprint density at radius 2 is 2.03 bits per heavy atom. The molecule has 0 bridgehead atoms. The number of rotatable bonds is 6. The SMILES string of the molecule is CC(C)c1cc(OC2CCC2)c2ncsc2c1.Cc1ccc(N2CC(NC=O)C2)nc1. The number of nitrogens with zero attached hydrogens (tertiary/aromatic N) is 3. The fourth-order valence-corrected chi connectivity index (χ4v) is 4.30. The second-order valence-electron chi connectivity index (χ2n) is 8.62. The van der Waals surface area contributed by atoms with E-state index in [9.17, 15) is 4.79 Å². The van der Waals surface area contributed by atoms with Gasteiger partial charge in [-0.1, -0.05) is 19.9 Å². The van der Waals surface area contributed by atoms with Gasteiger partial charge in [-0.2, -0.15) is 0 Å². The van der Waals surface area contributed by atoms with Crippen LogP contribution in [0.5, 0.6) is 5.75 Å². The van der Waals surface area contributed by atoms with Gasteiger partial charge >= 0.3 is 0 Å². The van der Waals surface area contributed by atoms with Gasteiger partial charge in [-0.05, 0) is 61.4 Å². The maximum Gasteiger partial charge on any atom is 0.207 e. The third-order valence-electron chi connectivity index (χ3n) is 5.84. The molecule has 1 aromatic carbocycles. The number of nitrogens with one attached hydrogen (secondary N) is 1. The number of fused-ring (bicyclic) bond motifs is 1. The molecule has 2 aromatic heterocycles. The summed E-state index contributed by atoms with van der Waals surface area (Å²) in [5.41, 5.74) is 5.45. The molecular formula is C24H30N4O2S. The Balaban J connectivity index is 0.000000152. The highest BCUT2D eigenvalue weighted by atomic mass is 32.1. The summed E-state index contributed by atoms with van der Waals surface area (Å²) in [6.45, 7) is 8.16. The van der Waals surface area contributed by atoms with Crippen LogP contribution >= 0.6 is 11.3 Å². The van der Waals surface area contributed by atoms with Gasteiger partial charge in [-0.3, -0.25) is 4.79 Å². The number of amides is 1. The molecule has 0 spiro atoms. The molecule has 1 N–H and O–H groups in total. The van der Waals surface area contributed by atoms with Crippen molar-refractivity contribution in [3.8, 4) is 5.75 Å². The highest BCUT2D eigenvalue weighted by molar-refractivity contribution is 7.16. The molecule has 3 heterocycles. The van der Waals surface area contributed by atoms with Crippen LogP contribution in [-0.4, -0.2) is 41.6 Å². The summed E-state index contributed by atoms with van der Waals surface area (Å²) in [7, 11) is 0. The van der Waals surface area contributed by atoms with E-state index in [-0.39, 0.29) is 6.04 Å². The molecule has 0 unspecified atom stereocenters. The van der Waals surface area contributed by atoms with E-state index >= 15 is 0 Å². The second kappa shape index (κ2) is 9.64. The predicted molar refractivity (Wildman–Crippen MR) is 126 cm³/mol. The van der Waals surface area contributed by atoms with Crippen molar-refractivity contribution >= 4 is 33.8 Å². The van der Waals surface area contributed by atoms with Gasteiger partial charge in [0.15, 0.2) is 0 Å². The second-order valence-corrected chi connectivity index (χ2v) is 9.51. The number of aryl methyl sites for hydroxylation is 1. The van der Waals surface area contributed by atoms with E-state index in [1.165, 1.54) is 29.5 Å². The van der Waals surface area contributed by atoms with Crippen LogP contribution in [-0.2, 0) is 4.79 Å². The first-order chi connectivity index (χ1) is 15.0. The average Bonchev–Trinajstić information content (AvgIpc) is 3.17. The van der Waals surface area contributed by atoms with Crippen LogP contribution in [0.1, 0.15) is 50.2 Å². The molecule has 0 radical (unpaired) electrons. The number of thiazole rings is 1. The van der Waals surface area contributed by atoms with Crippen LogP contribution in [0.2, 0.25) is 0 Å². The van der Waals surface area contributed by atoms with Crippen molar-refractivity contribution in [3.05, 3.63) is 47.1 Å². The number of ether oxygens (including phenoxy) is 1. The number of carbonyl (C=O) groups is 1. The van der Waals surface area contributed by atoms with E-state index in [1.807, 2.05) is 30.8 Å². The van der Waals surface area contributed by atoms with Crippen LogP contribution in [0.3, 0.4) is 0 Å². The van der Waals surface area contributed by atoms with E-state index in [0.717, 1.165) is 42.1 Å². The van der Waals surface area contributed by atoms with Crippen molar-refractivity contribution in [2.75, 3.05) is 18.0 Å². The molecule has 1 aliphatic carbocycles. The van der Waals surface area contributed by atoms with Gasteiger partial charge in [0.1, 0.15) is 17.1 Å². The number of carbonyl (C=O) groups excluding carboxylic acids is 1. The third kappa shape index (κ3) is 5.15. The molecule has 2 fully saturated rings. The van der Waals surface area contributed by atoms with Gasteiger partial charge in [0.05, 0.1) is 22.4 Å². The Morgan fingerprint density at radius 1 is 1.23 bits per heavy atom. The molecule has 31 heavy (non-hydrogen) atoms. The zero-order valence-corrected chi connectivity index (χ0v) is 19.2. The molecule has 0 atom stereocenters. The number of benzene rings is 1. The first kappa shape index (κ1) is 21.6. The van der Waals surface area contributed by atoms with Crippen LogP contribution in [0.25, 0.3) is 10.2 Å². The van der Waals surface area contributed by atoms with E-state index in [1.54, 1.807) is 11.3 Å². The van der Waals surface area contributed by atoms with Gasteiger partial charge in [-0.25, -0.2) is 9.97 Å². The van der Waals surface area contributed by atoms with Crippen LogP contribution in [0.4, 0.5) is 5.82 Å². The Labute approximate surface area is 187 Å². The van der Waals surface area contributed by atoms with Crippen LogP contribution < -0.4 is 15.0 Å². The van der Waals surface area contributed by atoms with Gasteiger partial charge in [0.2, 0.25) is 6.41 Å².